The number of hydrogen-bond donors (Lipinski definition) is 2. The topological polar surface area (TPSA) is 73.1 Å². The second-order valence-electron chi connectivity index (χ2n) is 4.89. The Bertz CT molecular complexity index is 881. The molecule has 8 heteroatoms. The lowest BCUT2D eigenvalue weighted by Gasteiger charge is -2.13. The van der Waals surface area contributed by atoms with E-state index < -0.39 is 34.8 Å². The Kier molecular flexibility index (Phi) is 4.79. The number of nitrogens with zero attached hydrogens (tertiary/aromatic N) is 1. The van der Waals surface area contributed by atoms with E-state index in [0.717, 1.165) is 36.4 Å². The average molecular weight is 350 g/mol. The van der Waals surface area contributed by atoms with Gasteiger partial charge in [-0.3, -0.25) is 4.79 Å². The van der Waals surface area contributed by atoms with Crippen molar-refractivity contribution < 1.29 is 27.5 Å². The van der Waals surface area contributed by atoms with E-state index in [-0.39, 0.29) is 16.8 Å². The SMILES string of the molecule is C=CC(=O)Nc1cc(-c2ccc(C(F)(F)F)cc2)c(F)c(O)c1C#N. The second-order valence-corrected chi connectivity index (χ2v) is 4.89. The predicted octanol–water partition coefficient (Wildman–Crippen LogP) is 4.21. The summed E-state index contributed by atoms with van der Waals surface area (Å²) in [6.07, 6.45) is -3.65. The normalized spacial score (nSPS) is 10.8. The molecule has 0 fully saturated rings. The molecule has 0 atom stereocenters. The number of anilines is 1. The molecule has 0 unspecified atom stereocenters. The molecule has 0 aliphatic heterocycles. The molecule has 0 saturated carbocycles. The van der Waals surface area contributed by atoms with Gasteiger partial charge >= 0.3 is 6.18 Å². The molecule has 0 aliphatic rings. The molecule has 25 heavy (non-hydrogen) atoms. The van der Waals surface area contributed by atoms with Crippen LogP contribution in [-0.2, 0) is 11.0 Å². The number of rotatable bonds is 3. The number of benzene rings is 2. The highest BCUT2D eigenvalue weighted by molar-refractivity contribution is 6.00. The quantitative estimate of drug-likeness (QED) is 0.643. The van der Waals surface area contributed by atoms with Crippen molar-refractivity contribution >= 4 is 11.6 Å². The molecular formula is C17H10F4N2O2. The minimum absolute atomic E-state index is 0.0272. The van der Waals surface area contributed by atoms with Crippen LogP contribution in [0.4, 0.5) is 23.2 Å². The van der Waals surface area contributed by atoms with Gasteiger partial charge in [0.25, 0.3) is 0 Å². The van der Waals surface area contributed by atoms with Crippen LogP contribution in [0.3, 0.4) is 0 Å². The summed E-state index contributed by atoms with van der Waals surface area (Å²) in [5.41, 5.74) is -1.87. The number of nitriles is 1. The van der Waals surface area contributed by atoms with E-state index >= 15 is 0 Å². The molecule has 2 N–H and O–H groups in total. The monoisotopic (exact) mass is 350 g/mol. The third-order valence-electron chi connectivity index (χ3n) is 3.32. The van der Waals surface area contributed by atoms with Gasteiger partial charge in [-0.2, -0.15) is 18.4 Å². The van der Waals surface area contributed by atoms with Crippen LogP contribution in [0.15, 0.2) is 43.0 Å². The summed E-state index contributed by atoms with van der Waals surface area (Å²) in [7, 11) is 0. The number of carbonyl (C=O) groups is 1. The first-order chi connectivity index (χ1) is 11.7. The zero-order valence-corrected chi connectivity index (χ0v) is 12.5. The van der Waals surface area contributed by atoms with Gasteiger partial charge in [-0.25, -0.2) is 4.39 Å². The molecule has 2 aromatic carbocycles. The fourth-order valence-electron chi connectivity index (χ4n) is 2.09. The van der Waals surface area contributed by atoms with Crippen molar-refractivity contribution in [3.8, 4) is 22.9 Å². The molecule has 0 radical (unpaired) electrons. The third kappa shape index (κ3) is 3.61. The highest BCUT2D eigenvalue weighted by atomic mass is 19.4. The molecule has 2 rings (SSSR count). The lowest BCUT2D eigenvalue weighted by molar-refractivity contribution is -0.137. The van der Waals surface area contributed by atoms with E-state index in [9.17, 15) is 27.5 Å². The maximum Gasteiger partial charge on any atom is 0.416 e. The third-order valence-corrected chi connectivity index (χ3v) is 3.32. The van der Waals surface area contributed by atoms with Crippen molar-refractivity contribution in [1.82, 2.24) is 0 Å². The number of carbonyl (C=O) groups excluding carboxylic acids is 1. The van der Waals surface area contributed by atoms with Crippen LogP contribution in [0, 0.1) is 17.1 Å². The van der Waals surface area contributed by atoms with E-state index in [1.807, 2.05) is 0 Å². The number of nitrogens with one attached hydrogen (secondary N) is 1. The minimum atomic E-state index is -4.55. The van der Waals surface area contributed by atoms with Crippen LogP contribution < -0.4 is 5.32 Å². The minimum Gasteiger partial charge on any atom is -0.504 e. The summed E-state index contributed by atoms with van der Waals surface area (Å²) in [5, 5.41) is 21.1. The highest BCUT2D eigenvalue weighted by Crippen LogP contribution is 2.37. The lowest BCUT2D eigenvalue weighted by atomic mass is 9.99. The Morgan fingerprint density at radius 1 is 1.28 bits per heavy atom. The van der Waals surface area contributed by atoms with Gasteiger partial charge < -0.3 is 10.4 Å². The summed E-state index contributed by atoms with van der Waals surface area (Å²) in [5.74, 6) is -2.91. The Balaban J connectivity index is 2.60. The fraction of sp³-hybridized carbons (Fsp3) is 0.0588. The zero-order chi connectivity index (χ0) is 18.8. The van der Waals surface area contributed by atoms with Crippen molar-refractivity contribution in [2.75, 3.05) is 5.32 Å². The standard InChI is InChI=1S/C17H10F4N2O2/c1-2-14(24)23-13-7-11(15(18)16(25)12(13)8-22)9-3-5-10(6-4-9)17(19,20)21/h2-7,25H,1H2,(H,23,24). The van der Waals surface area contributed by atoms with Crippen molar-refractivity contribution in [2.45, 2.75) is 6.18 Å². The van der Waals surface area contributed by atoms with Crippen LogP contribution in [0.5, 0.6) is 5.75 Å². The van der Waals surface area contributed by atoms with Crippen LogP contribution >= 0.6 is 0 Å². The number of phenols is 1. The molecular weight excluding hydrogens is 340 g/mol. The van der Waals surface area contributed by atoms with Crippen LogP contribution in [0.25, 0.3) is 11.1 Å². The first-order valence-electron chi connectivity index (χ1n) is 6.75. The first-order valence-corrected chi connectivity index (χ1v) is 6.75. The molecule has 4 nitrogen and oxygen atoms in total. The Morgan fingerprint density at radius 3 is 2.36 bits per heavy atom. The van der Waals surface area contributed by atoms with Gasteiger partial charge in [-0.1, -0.05) is 18.7 Å². The molecule has 0 aliphatic carbocycles. The molecule has 0 aromatic heterocycles. The van der Waals surface area contributed by atoms with Crippen LogP contribution in [0.1, 0.15) is 11.1 Å². The molecule has 0 saturated heterocycles. The van der Waals surface area contributed by atoms with E-state index in [2.05, 4.69) is 11.9 Å². The maximum atomic E-state index is 14.3. The summed E-state index contributed by atoms with van der Waals surface area (Å²) < 4.78 is 52.1. The fourth-order valence-corrected chi connectivity index (χ4v) is 2.09. The molecule has 1 amide bonds. The average Bonchev–Trinajstić information content (AvgIpc) is 2.57. The van der Waals surface area contributed by atoms with Crippen molar-refractivity contribution in [3.63, 3.8) is 0 Å². The van der Waals surface area contributed by atoms with E-state index in [1.54, 1.807) is 6.07 Å². The Hall–Kier alpha value is -3.34. The smallest absolute Gasteiger partial charge is 0.416 e. The van der Waals surface area contributed by atoms with E-state index in [0.29, 0.717) is 0 Å². The van der Waals surface area contributed by atoms with E-state index in [1.165, 1.54) is 0 Å². The highest BCUT2D eigenvalue weighted by Gasteiger charge is 2.30. The van der Waals surface area contributed by atoms with Gasteiger partial charge in [0.1, 0.15) is 11.6 Å². The molecule has 128 valence electrons. The van der Waals surface area contributed by atoms with Gasteiger partial charge in [-0.05, 0) is 29.8 Å². The predicted molar refractivity (Wildman–Crippen MR) is 82.0 cm³/mol. The van der Waals surface area contributed by atoms with Crippen molar-refractivity contribution in [1.29, 1.82) is 5.26 Å². The molecule has 0 bridgehead atoms. The zero-order valence-electron chi connectivity index (χ0n) is 12.5. The number of hydrogen-bond acceptors (Lipinski definition) is 3. The van der Waals surface area contributed by atoms with Gasteiger partial charge in [0, 0.05) is 5.56 Å². The summed E-state index contributed by atoms with van der Waals surface area (Å²) >= 11 is 0. The molecule has 0 heterocycles. The lowest BCUT2D eigenvalue weighted by Crippen LogP contribution is -2.09. The first kappa shape index (κ1) is 18.0. The number of alkyl halides is 3. The van der Waals surface area contributed by atoms with Crippen LogP contribution in [-0.4, -0.2) is 11.0 Å². The van der Waals surface area contributed by atoms with Gasteiger partial charge in [0.15, 0.2) is 11.6 Å². The summed E-state index contributed by atoms with van der Waals surface area (Å²) in [4.78, 5) is 11.4. The van der Waals surface area contributed by atoms with Gasteiger partial charge in [0.05, 0.1) is 11.3 Å². The van der Waals surface area contributed by atoms with E-state index in [4.69, 9.17) is 5.26 Å². The van der Waals surface area contributed by atoms with Crippen molar-refractivity contribution in [3.05, 3.63) is 59.9 Å². The summed E-state index contributed by atoms with van der Waals surface area (Å²) in [6, 6.07) is 6.16. The largest absolute Gasteiger partial charge is 0.504 e. The number of phenolic OH excluding ortho intramolecular Hbond substituents is 1. The summed E-state index contributed by atoms with van der Waals surface area (Å²) in [6.45, 7) is 3.23. The molecule has 2 aromatic rings. The number of halogens is 4. The number of aromatic hydroxyl groups is 1. The molecule has 0 spiro atoms. The second kappa shape index (κ2) is 6.65. The Morgan fingerprint density at radius 2 is 1.88 bits per heavy atom. The van der Waals surface area contributed by atoms with Gasteiger partial charge in [-0.15, -0.1) is 0 Å². The number of amides is 1. The van der Waals surface area contributed by atoms with Crippen LogP contribution in [0.2, 0.25) is 0 Å². The Labute approximate surface area is 139 Å². The maximum absolute atomic E-state index is 14.3. The van der Waals surface area contributed by atoms with Crippen molar-refractivity contribution in [2.24, 2.45) is 0 Å². The van der Waals surface area contributed by atoms with Gasteiger partial charge in [0.2, 0.25) is 5.91 Å².